The Kier molecular flexibility index (Phi) is 2.94. The molecule has 1 atom stereocenters. The van der Waals surface area contributed by atoms with E-state index in [0.717, 1.165) is 0 Å². The van der Waals surface area contributed by atoms with E-state index in [1.807, 2.05) is 0 Å². The second-order valence-corrected chi connectivity index (χ2v) is 2.61. The van der Waals surface area contributed by atoms with Gasteiger partial charge < -0.3 is 16.6 Å². The lowest BCUT2D eigenvalue weighted by Gasteiger charge is -2.10. The van der Waals surface area contributed by atoms with E-state index >= 15 is 0 Å². The molecule has 5 nitrogen and oxygen atoms in total. The first-order valence-electron chi connectivity index (χ1n) is 3.79. The maximum atomic E-state index is 10.7. The number of rotatable bonds is 3. The van der Waals surface area contributed by atoms with Crippen LogP contribution in [0.2, 0.25) is 0 Å². The summed E-state index contributed by atoms with van der Waals surface area (Å²) in [5.41, 5.74) is 11.6. The van der Waals surface area contributed by atoms with E-state index in [4.69, 9.17) is 16.6 Å². The van der Waals surface area contributed by atoms with Crippen LogP contribution in [0.15, 0.2) is 18.5 Å². The van der Waals surface area contributed by atoms with E-state index < -0.39 is 12.0 Å². The number of aromatic carboxylic acids is 1. The van der Waals surface area contributed by atoms with Crippen molar-refractivity contribution in [2.75, 3.05) is 6.54 Å². The van der Waals surface area contributed by atoms with Crippen LogP contribution >= 0.6 is 0 Å². The second-order valence-electron chi connectivity index (χ2n) is 2.61. The zero-order chi connectivity index (χ0) is 9.84. The Labute approximate surface area is 75.4 Å². The molecule has 1 rings (SSSR count). The lowest BCUT2D eigenvalue weighted by atomic mass is 10.0. The highest BCUT2D eigenvalue weighted by molar-refractivity contribution is 5.89. The van der Waals surface area contributed by atoms with Crippen LogP contribution in [0.5, 0.6) is 0 Å². The SMILES string of the molecule is NC[C@@H](N)c1ccncc1C(=O)O. The lowest BCUT2D eigenvalue weighted by molar-refractivity contribution is 0.0694. The highest BCUT2D eigenvalue weighted by Crippen LogP contribution is 2.13. The molecule has 0 amide bonds. The van der Waals surface area contributed by atoms with E-state index in [1.165, 1.54) is 12.4 Å². The smallest absolute Gasteiger partial charge is 0.337 e. The molecule has 1 heterocycles. The molecule has 0 unspecified atom stereocenters. The van der Waals surface area contributed by atoms with E-state index in [-0.39, 0.29) is 12.1 Å². The van der Waals surface area contributed by atoms with Crippen LogP contribution in [-0.4, -0.2) is 22.6 Å². The van der Waals surface area contributed by atoms with Gasteiger partial charge in [0.1, 0.15) is 0 Å². The third-order valence-corrected chi connectivity index (χ3v) is 1.74. The van der Waals surface area contributed by atoms with Crippen LogP contribution in [0, 0.1) is 0 Å². The quantitative estimate of drug-likeness (QED) is 0.596. The molecule has 5 N–H and O–H groups in total. The van der Waals surface area contributed by atoms with Gasteiger partial charge in [0, 0.05) is 25.0 Å². The van der Waals surface area contributed by atoms with Crippen LogP contribution in [0.3, 0.4) is 0 Å². The van der Waals surface area contributed by atoms with Gasteiger partial charge in [-0.1, -0.05) is 0 Å². The first-order valence-corrected chi connectivity index (χ1v) is 3.79. The van der Waals surface area contributed by atoms with Crippen molar-refractivity contribution in [2.24, 2.45) is 11.5 Å². The van der Waals surface area contributed by atoms with E-state index in [2.05, 4.69) is 4.98 Å². The maximum Gasteiger partial charge on any atom is 0.337 e. The lowest BCUT2D eigenvalue weighted by Crippen LogP contribution is -2.23. The number of carbonyl (C=O) groups is 1. The highest BCUT2D eigenvalue weighted by atomic mass is 16.4. The molecule has 0 radical (unpaired) electrons. The summed E-state index contributed by atoms with van der Waals surface area (Å²) in [4.78, 5) is 14.4. The Bertz CT molecular complexity index is 314. The van der Waals surface area contributed by atoms with E-state index in [9.17, 15) is 4.79 Å². The molecule has 0 bridgehead atoms. The van der Waals surface area contributed by atoms with Crippen molar-refractivity contribution in [1.82, 2.24) is 4.98 Å². The Morgan fingerprint density at radius 3 is 2.92 bits per heavy atom. The summed E-state index contributed by atoms with van der Waals surface area (Å²) in [5, 5.41) is 8.77. The van der Waals surface area contributed by atoms with Gasteiger partial charge in [-0.15, -0.1) is 0 Å². The Morgan fingerprint density at radius 2 is 2.38 bits per heavy atom. The number of nitrogens with two attached hydrogens (primary N) is 2. The fourth-order valence-corrected chi connectivity index (χ4v) is 1.03. The number of pyridine rings is 1. The summed E-state index contributed by atoms with van der Waals surface area (Å²) in [5.74, 6) is -1.04. The number of carboxylic acids is 1. The molecule has 5 heteroatoms. The van der Waals surface area contributed by atoms with Gasteiger partial charge >= 0.3 is 5.97 Å². The van der Waals surface area contributed by atoms with Gasteiger partial charge in [0.2, 0.25) is 0 Å². The van der Waals surface area contributed by atoms with Crippen molar-refractivity contribution in [3.05, 3.63) is 29.6 Å². The molecule has 0 aromatic carbocycles. The summed E-state index contributed by atoms with van der Waals surface area (Å²) < 4.78 is 0. The summed E-state index contributed by atoms with van der Waals surface area (Å²) >= 11 is 0. The second kappa shape index (κ2) is 3.97. The zero-order valence-corrected chi connectivity index (χ0v) is 6.97. The van der Waals surface area contributed by atoms with Crippen LogP contribution in [-0.2, 0) is 0 Å². The third kappa shape index (κ3) is 2.01. The van der Waals surface area contributed by atoms with Gasteiger partial charge in [-0.25, -0.2) is 4.79 Å². The van der Waals surface area contributed by atoms with Gasteiger partial charge in [-0.2, -0.15) is 0 Å². The van der Waals surface area contributed by atoms with Gasteiger partial charge in [-0.3, -0.25) is 4.98 Å². The van der Waals surface area contributed by atoms with Gasteiger partial charge in [0.15, 0.2) is 0 Å². The van der Waals surface area contributed by atoms with Crippen LogP contribution in [0.25, 0.3) is 0 Å². The first-order chi connectivity index (χ1) is 6.16. The molecule has 0 saturated carbocycles. The van der Waals surface area contributed by atoms with E-state index in [0.29, 0.717) is 5.56 Å². The van der Waals surface area contributed by atoms with Gasteiger partial charge in [-0.05, 0) is 11.6 Å². The maximum absolute atomic E-state index is 10.7. The fraction of sp³-hybridized carbons (Fsp3) is 0.250. The summed E-state index contributed by atoms with van der Waals surface area (Å²) in [7, 11) is 0. The Hall–Kier alpha value is -1.46. The third-order valence-electron chi connectivity index (χ3n) is 1.74. The molecule has 1 aromatic rings. The minimum absolute atomic E-state index is 0.112. The first kappa shape index (κ1) is 9.63. The van der Waals surface area contributed by atoms with Crippen molar-refractivity contribution in [1.29, 1.82) is 0 Å². The highest BCUT2D eigenvalue weighted by Gasteiger charge is 2.14. The monoisotopic (exact) mass is 181 g/mol. The van der Waals surface area contributed by atoms with Crippen molar-refractivity contribution in [2.45, 2.75) is 6.04 Å². The summed E-state index contributed by atoms with van der Waals surface area (Å²) in [6.45, 7) is 0.213. The molecule has 70 valence electrons. The number of aromatic nitrogens is 1. The average molecular weight is 181 g/mol. The molecule has 0 aliphatic carbocycles. The molecule has 1 aromatic heterocycles. The number of hydrogen-bond donors (Lipinski definition) is 3. The van der Waals surface area contributed by atoms with Crippen molar-refractivity contribution in [3.63, 3.8) is 0 Å². The fourth-order valence-electron chi connectivity index (χ4n) is 1.03. The van der Waals surface area contributed by atoms with Crippen LogP contribution < -0.4 is 11.5 Å². The average Bonchev–Trinajstić information content (AvgIpc) is 2.16. The Morgan fingerprint density at radius 1 is 1.69 bits per heavy atom. The Balaban J connectivity index is 3.11. The molecule has 0 aliphatic rings. The van der Waals surface area contributed by atoms with Crippen LogP contribution in [0.1, 0.15) is 22.0 Å². The summed E-state index contributed by atoms with van der Waals surface area (Å²) in [6, 6.07) is 1.12. The molecule has 0 spiro atoms. The standard InChI is InChI=1S/C8H11N3O2/c9-3-7(10)5-1-2-11-4-6(5)8(12)13/h1-2,4,7H,3,9-10H2,(H,12,13)/t7-/m1/s1. The molecule has 0 fully saturated rings. The number of carboxylic acid groups (broad SMARTS) is 1. The number of hydrogen-bond acceptors (Lipinski definition) is 4. The van der Waals surface area contributed by atoms with E-state index in [1.54, 1.807) is 6.07 Å². The minimum atomic E-state index is -1.04. The van der Waals surface area contributed by atoms with Crippen LogP contribution in [0.4, 0.5) is 0 Å². The predicted molar refractivity (Wildman–Crippen MR) is 47.2 cm³/mol. The predicted octanol–water partition coefficient (Wildman–Crippen LogP) is -0.262. The zero-order valence-electron chi connectivity index (χ0n) is 6.97. The molecular weight excluding hydrogens is 170 g/mol. The molecule has 0 saturated heterocycles. The topological polar surface area (TPSA) is 102 Å². The van der Waals surface area contributed by atoms with Crippen molar-refractivity contribution < 1.29 is 9.90 Å². The van der Waals surface area contributed by atoms with Gasteiger partial charge in [0.25, 0.3) is 0 Å². The summed E-state index contributed by atoms with van der Waals surface area (Å²) in [6.07, 6.45) is 2.77. The van der Waals surface area contributed by atoms with Crippen molar-refractivity contribution in [3.8, 4) is 0 Å². The number of nitrogens with zero attached hydrogens (tertiary/aromatic N) is 1. The largest absolute Gasteiger partial charge is 0.478 e. The van der Waals surface area contributed by atoms with Gasteiger partial charge in [0.05, 0.1) is 5.56 Å². The molecule has 0 aliphatic heterocycles. The minimum Gasteiger partial charge on any atom is -0.478 e. The molecular formula is C8H11N3O2. The normalized spacial score (nSPS) is 12.5. The van der Waals surface area contributed by atoms with Crippen molar-refractivity contribution >= 4 is 5.97 Å². The molecule has 13 heavy (non-hydrogen) atoms.